The van der Waals surface area contributed by atoms with Crippen LogP contribution in [-0.4, -0.2) is 4.98 Å². The molecule has 0 saturated heterocycles. The quantitative estimate of drug-likeness (QED) is 0.331. The van der Waals surface area contributed by atoms with E-state index in [-0.39, 0.29) is 0 Å². The Bertz CT molecular complexity index is 1240. The normalized spacial score (nSPS) is 11.1. The largest absolute Gasteiger partial charge is 0.247 e. The number of fused-ring (bicyclic) bond motifs is 2. The summed E-state index contributed by atoms with van der Waals surface area (Å²) in [5, 5.41) is 2.41. The van der Waals surface area contributed by atoms with Crippen molar-refractivity contribution in [2.24, 2.45) is 0 Å². The van der Waals surface area contributed by atoms with E-state index in [0.717, 1.165) is 23.9 Å². The van der Waals surface area contributed by atoms with Crippen molar-refractivity contribution in [3.63, 3.8) is 0 Å². The molecule has 0 saturated carbocycles. The van der Waals surface area contributed by atoms with Gasteiger partial charge in [-0.05, 0) is 53.3 Å². The summed E-state index contributed by atoms with van der Waals surface area (Å²) in [6.07, 6.45) is 1.83. The Morgan fingerprint density at radius 2 is 1.14 bits per heavy atom. The first-order valence-electron chi connectivity index (χ1n) is 9.74. The van der Waals surface area contributed by atoms with Crippen LogP contribution in [0, 0.1) is 0 Å². The fraction of sp³-hybridized carbons (Fsp3) is 0.0741. The van der Waals surface area contributed by atoms with Crippen molar-refractivity contribution < 1.29 is 0 Å². The highest BCUT2D eigenvalue weighted by Crippen LogP contribution is 2.27. The highest BCUT2D eigenvalue weighted by atomic mass is 14.7. The maximum Gasteiger partial charge on any atom is 0.0745 e. The van der Waals surface area contributed by atoms with Crippen LogP contribution in [0.25, 0.3) is 21.8 Å². The molecule has 0 aliphatic carbocycles. The van der Waals surface area contributed by atoms with Gasteiger partial charge in [0, 0.05) is 10.8 Å². The predicted molar refractivity (Wildman–Crippen MR) is 118 cm³/mol. The number of aromatic nitrogens is 1. The molecule has 0 amide bonds. The lowest BCUT2D eigenvalue weighted by Gasteiger charge is -2.12. The van der Waals surface area contributed by atoms with Crippen molar-refractivity contribution in [1.82, 2.24) is 4.98 Å². The molecule has 4 aromatic carbocycles. The van der Waals surface area contributed by atoms with Gasteiger partial charge in [0.05, 0.1) is 11.0 Å². The predicted octanol–water partition coefficient (Wildman–Crippen LogP) is 6.57. The topological polar surface area (TPSA) is 12.9 Å². The minimum absolute atomic E-state index is 0.894. The van der Waals surface area contributed by atoms with E-state index < -0.39 is 0 Å². The highest BCUT2D eigenvalue weighted by Gasteiger charge is 2.09. The molecule has 1 aromatic heterocycles. The van der Waals surface area contributed by atoms with Gasteiger partial charge in [-0.15, -0.1) is 0 Å². The highest BCUT2D eigenvalue weighted by molar-refractivity contribution is 5.94. The Labute approximate surface area is 165 Å². The second-order valence-corrected chi connectivity index (χ2v) is 7.33. The molecule has 28 heavy (non-hydrogen) atoms. The van der Waals surface area contributed by atoms with Gasteiger partial charge in [0.2, 0.25) is 0 Å². The minimum atomic E-state index is 0.894. The SMILES string of the molecule is c1ccc(Cc2cc(Cc3ccccc3)c3nc4ccccc4cc3c2)cc1. The Kier molecular flexibility index (Phi) is 4.34. The Hall–Kier alpha value is -3.45. The maximum atomic E-state index is 5.02. The van der Waals surface area contributed by atoms with Crippen LogP contribution in [0.4, 0.5) is 0 Å². The van der Waals surface area contributed by atoms with Crippen molar-refractivity contribution in [1.29, 1.82) is 0 Å². The van der Waals surface area contributed by atoms with Crippen LogP contribution in [0.1, 0.15) is 22.3 Å². The molecule has 1 nitrogen and oxygen atoms in total. The average molecular weight is 359 g/mol. The van der Waals surface area contributed by atoms with Gasteiger partial charge in [0.15, 0.2) is 0 Å². The number of para-hydroxylation sites is 1. The molecule has 0 radical (unpaired) electrons. The fourth-order valence-electron chi connectivity index (χ4n) is 3.92. The molecule has 0 atom stereocenters. The molecular formula is C27H21N. The van der Waals surface area contributed by atoms with Crippen LogP contribution >= 0.6 is 0 Å². The summed E-state index contributed by atoms with van der Waals surface area (Å²) in [4.78, 5) is 5.02. The minimum Gasteiger partial charge on any atom is -0.247 e. The zero-order chi connectivity index (χ0) is 18.8. The zero-order valence-electron chi connectivity index (χ0n) is 15.7. The summed E-state index contributed by atoms with van der Waals surface area (Å²) in [7, 11) is 0. The molecule has 0 bridgehead atoms. The van der Waals surface area contributed by atoms with Gasteiger partial charge < -0.3 is 0 Å². The molecule has 0 unspecified atom stereocenters. The molecule has 134 valence electrons. The second kappa shape index (κ2) is 7.28. The molecule has 1 heteroatoms. The Balaban J connectivity index is 1.67. The van der Waals surface area contributed by atoms with Gasteiger partial charge in [-0.3, -0.25) is 0 Å². The lowest BCUT2D eigenvalue weighted by Crippen LogP contribution is -1.97. The van der Waals surface area contributed by atoms with Crippen LogP contribution in [0.2, 0.25) is 0 Å². The number of benzene rings is 4. The molecular weight excluding hydrogens is 338 g/mol. The Morgan fingerprint density at radius 1 is 0.500 bits per heavy atom. The summed E-state index contributed by atoms with van der Waals surface area (Å²) >= 11 is 0. The van der Waals surface area contributed by atoms with Crippen molar-refractivity contribution in [3.8, 4) is 0 Å². The first-order valence-corrected chi connectivity index (χ1v) is 9.74. The third-order valence-electron chi connectivity index (χ3n) is 5.25. The van der Waals surface area contributed by atoms with Crippen molar-refractivity contribution in [2.45, 2.75) is 12.8 Å². The van der Waals surface area contributed by atoms with Crippen molar-refractivity contribution in [3.05, 3.63) is 125 Å². The summed E-state index contributed by atoms with van der Waals surface area (Å²) in [6, 6.07) is 36.6. The standard InChI is InChI=1S/C27H21N/c1-3-9-20(10-4-1)15-22-17-24(16-21-11-5-2-6-12-21)27-25(18-22)19-23-13-7-8-14-26(23)28-27/h1-14,17-19H,15-16H2. The molecule has 5 rings (SSSR count). The summed E-state index contributed by atoms with van der Waals surface area (Å²) in [5.74, 6) is 0. The van der Waals surface area contributed by atoms with Gasteiger partial charge in [0.25, 0.3) is 0 Å². The second-order valence-electron chi connectivity index (χ2n) is 7.33. The number of hydrogen-bond acceptors (Lipinski definition) is 1. The maximum absolute atomic E-state index is 5.02. The summed E-state index contributed by atoms with van der Waals surface area (Å²) in [5.41, 5.74) is 7.44. The third-order valence-corrected chi connectivity index (χ3v) is 5.25. The smallest absolute Gasteiger partial charge is 0.0745 e. The van der Waals surface area contributed by atoms with E-state index in [0.29, 0.717) is 0 Å². The van der Waals surface area contributed by atoms with Crippen LogP contribution in [0.5, 0.6) is 0 Å². The van der Waals surface area contributed by atoms with E-state index in [4.69, 9.17) is 4.98 Å². The number of hydrogen-bond donors (Lipinski definition) is 0. The van der Waals surface area contributed by atoms with E-state index in [9.17, 15) is 0 Å². The Morgan fingerprint density at radius 3 is 1.89 bits per heavy atom. The molecule has 0 N–H and O–H groups in total. The molecule has 0 fully saturated rings. The molecule has 0 aliphatic rings. The number of rotatable bonds is 4. The van der Waals surface area contributed by atoms with Gasteiger partial charge in [-0.2, -0.15) is 0 Å². The first-order chi connectivity index (χ1) is 13.8. The van der Waals surface area contributed by atoms with E-state index in [1.54, 1.807) is 0 Å². The van der Waals surface area contributed by atoms with Crippen molar-refractivity contribution >= 4 is 21.8 Å². The lowest BCUT2D eigenvalue weighted by molar-refractivity contribution is 1.15. The summed E-state index contributed by atoms with van der Waals surface area (Å²) < 4.78 is 0. The van der Waals surface area contributed by atoms with E-state index >= 15 is 0 Å². The van der Waals surface area contributed by atoms with Crippen LogP contribution in [0.15, 0.2) is 103 Å². The molecule has 5 aromatic rings. The first kappa shape index (κ1) is 16.7. The molecule has 1 heterocycles. The van der Waals surface area contributed by atoms with Crippen LogP contribution < -0.4 is 0 Å². The molecule has 0 aliphatic heterocycles. The number of pyridine rings is 1. The zero-order valence-corrected chi connectivity index (χ0v) is 15.7. The van der Waals surface area contributed by atoms with Crippen molar-refractivity contribution in [2.75, 3.05) is 0 Å². The van der Waals surface area contributed by atoms with E-state index in [1.165, 1.54) is 33.0 Å². The lowest BCUT2D eigenvalue weighted by atomic mass is 9.95. The van der Waals surface area contributed by atoms with E-state index in [1.807, 2.05) is 0 Å². The third kappa shape index (κ3) is 3.39. The van der Waals surface area contributed by atoms with Gasteiger partial charge in [-0.25, -0.2) is 4.98 Å². The van der Waals surface area contributed by atoms with Gasteiger partial charge >= 0.3 is 0 Å². The fourth-order valence-corrected chi connectivity index (χ4v) is 3.92. The summed E-state index contributed by atoms with van der Waals surface area (Å²) in [6.45, 7) is 0. The van der Waals surface area contributed by atoms with Gasteiger partial charge in [0.1, 0.15) is 0 Å². The van der Waals surface area contributed by atoms with Crippen LogP contribution in [0.3, 0.4) is 0 Å². The number of nitrogens with zero attached hydrogens (tertiary/aromatic N) is 1. The monoisotopic (exact) mass is 359 g/mol. The average Bonchev–Trinajstić information content (AvgIpc) is 2.74. The van der Waals surface area contributed by atoms with Crippen LogP contribution in [-0.2, 0) is 12.8 Å². The van der Waals surface area contributed by atoms with E-state index in [2.05, 4.69) is 103 Å². The molecule has 0 spiro atoms. The van der Waals surface area contributed by atoms with Gasteiger partial charge in [-0.1, -0.05) is 84.9 Å².